The fourth-order valence-corrected chi connectivity index (χ4v) is 7.29. The summed E-state index contributed by atoms with van der Waals surface area (Å²) < 4.78 is 60.1. The van der Waals surface area contributed by atoms with Crippen molar-refractivity contribution < 1.29 is 36.6 Å². The molecule has 2 aromatic rings. The van der Waals surface area contributed by atoms with Crippen LogP contribution < -0.4 is 4.74 Å². The van der Waals surface area contributed by atoms with Crippen molar-refractivity contribution >= 4 is 22.2 Å². The number of halogens is 1. The van der Waals surface area contributed by atoms with E-state index in [4.69, 9.17) is 14.2 Å². The van der Waals surface area contributed by atoms with Gasteiger partial charge in [-0.05, 0) is 88.9 Å². The normalized spacial score (nSPS) is 22.0. The average molecular weight is 606 g/mol. The predicted molar refractivity (Wildman–Crippen MR) is 154 cm³/mol. The molecule has 2 aliphatic heterocycles. The van der Waals surface area contributed by atoms with Crippen molar-refractivity contribution in [3.63, 3.8) is 0 Å². The van der Waals surface area contributed by atoms with Gasteiger partial charge in [-0.2, -0.15) is 4.31 Å². The molecule has 3 atom stereocenters. The van der Waals surface area contributed by atoms with Gasteiger partial charge >= 0.3 is 12.2 Å². The molecule has 1 unspecified atom stereocenters. The van der Waals surface area contributed by atoms with E-state index in [1.165, 1.54) is 40.6 Å². The number of carbonyl (C=O) groups excluding carboxylic acids is 2. The minimum Gasteiger partial charge on any atom is -0.497 e. The van der Waals surface area contributed by atoms with Crippen LogP contribution in [0.1, 0.15) is 58.6 Å². The van der Waals surface area contributed by atoms with E-state index < -0.39 is 45.7 Å². The number of carbonyl (C=O) groups is 2. The van der Waals surface area contributed by atoms with Crippen LogP contribution in [0.3, 0.4) is 0 Å². The average Bonchev–Trinajstić information content (AvgIpc) is 2.94. The van der Waals surface area contributed by atoms with Gasteiger partial charge in [-0.1, -0.05) is 12.1 Å². The zero-order chi connectivity index (χ0) is 30.7. The highest BCUT2D eigenvalue weighted by Gasteiger charge is 2.42. The SMILES string of the molecule is COc1ccc(S(=O)(=O)N2[C@@H](COC(=O)N3CCN(C(=O)OC(C)(C)C)CC3C)CCC[C@H]2c2cccc(F)c2)cc1. The van der Waals surface area contributed by atoms with Crippen molar-refractivity contribution in [2.24, 2.45) is 0 Å². The van der Waals surface area contributed by atoms with Crippen molar-refractivity contribution in [1.82, 2.24) is 14.1 Å². The van der Waals surface area contributed by atoms with E-state index in [1.54, 1.807) is 49.9 Å². The molecule has 4 rings (SSSR count). The standard InChI is InChI=1S/C30H40FN3O7S/c1-21-19-32(28(35)41-30(2,3)4)16-17-33(21)29(36)40-20-24-10-7-11-27(22-8-6-9-23(31)18-22)34(24)42(37,38)26-14-12-25(39-5)13-15-26/h6,8-9,12-15,18,21,24,27H,7,10-11,16-17,19-20H2,1-5H3/t21?,24-,27+/m1/s1. The van der Waals surface area contributed by atoms with E-state index in [1.807, 2.05) is 6.92 Å². The summed E-state index contributed by atoms with van der Waals surface area (Å²) in [6.07, 6.45) is 0.611. The van der Waals surface area contributed by atoms with Crippen molar-refractivity contribution in [1.29, 1.82) is 0 Å². The Bertz CT molecular complexity index is 1360. The minimum atomic E-state index is -4.07. The van der Waals surface area contributed by atoms with Crippen LogP contribution in [0.2, 0.25) is 0 Å². The van der Waals surface area contributed by atoms with Crippen LogP contribution in [0.4, 0.5) is 14.0 Å². The zero-order valence-electron chi connectivity index (χ0n) is 24.8. The highest BCUT2D eigenvalue weighted by molar-refractivity contribution is 7.89. The Morgan fingerprint density at radius 3 is 2.36 bits per heavy atom. The molecule has 0 aliphatic carbocycles. The maximum atomic E-state index is 14.2. The highest BCUT2D eigenvalue weighted by Crippen LogP contribution is 2.39. The van der Waals surface area contributed by atoms with E-state index >= 15 is 0 Å². The third-order valence-electron chi connectivity index (χ3n) is 7.46. The lowest BCUT2D eigenvalue weighted by Gasteiger charge is -2.42. The lowest BCUT2D eigenvalue weighted by atomic mass is 9.93. The molecule has 10 nitrogen and oxygen atoms in total. The molecule has 2 aromatic carbocycles. The second kappa shape index (κ2) is 12.9. The molecule has 0 bridgehead atoms. The van der Waals surface area contributed by atoms with Crippen molar-refractivity contribution in [2.45, 2.75) is 75.6 Å². The quantitative estimate of drug-likeness (QED) is 0.446. The number of rotatable bonds is 6. The summed E-state index contributed by atoms with van der Waals surface area (Å²) in [6.45, 7) is 7.87. The number of sulfonamides is 1. The fraction of sp³-hybridized carbons (Fsp3) is 0.533. The van der Waals surface area contributed by atoms with Crippen LogP contribution in [0.15, 0.2) is 53.4 Å². The van der Waals surface area contributed by atoms with E-state index in [9.17, 15) is 22.4 Å². The molecule has 2 saturated heterocycles. The molecule has 2 amide bonds. The molecule has 230 valence electrons. The van der Waals surface area contributed by atoms with Crippen molar-refractivity contribution in [3.8, 4) is 5.75 Å². The van der Waals surface area contributed by atoms with Gasteiger partial charge in [0.25, 0.3) is 0 Å². The third kappa shape index (κ3) is 7.33. The van der Waals surface area contributed by atoms with Crippen LogP contribution in [0.5, 0.6) is 5.75 Å². The van der Waals surface area contributed by atoms with Gasteiger partial charge in [-0.3, -0.25) is 0 Å². The second-order valence-electron chi connectivity index (χ2n) is 11.7. The summed E-state index contributed by atoms with van der Waals surface area (Å²) in [5.74, 6) is 0.0583. The van der Waals surface area contributed by atoms with Gasteiger partial charge in [0, 0.05) is 19.6 Å². The molecule has 0 spiro atoms. The first kappa shape index (κ1) is 31.6. The number of piperidine rings is 1. The molecule has 0 N–H and O–H groups in total. The van der Waals surface area contributed by atoms with E-state index in [0.717, 1.165) is 0 Å². The zero-order valence-corrected chi connectivity index (χ0v) is 25.6. The summed E-state index contributed by atoms with van der Waals surface area (Å²) in [5, 5.41) is 0. The Morgan fingerprint density at radius 1 is 1.02 bits per heavy atom. The number of nitrogens with zero attached hydrogens (tertiary/aromatic N) is 3. The molecular formula is C30H40FN3O7S. The van der Waals surface area contributed by atoms with Gasteiger partial charge < -0.3 is 24.0 Å². The maximum absolute atomic E-state index is 14.2. The Kier molecular flexibility index (Phi) is 9.67. The van der Waals surface area contributed by atoms with Crippen molar-refractivity contribution in [3.05, 3.63) is 59.9 Å². The van der Waals surface area contributed by atoms with Gasteiger partial charge in [0.1, 0.15) is 23.8 Å². The maximum Gasteiger partial charge on any atom is 0.410 e. The summed E-state index contributed by atoms with van der Waals surface area (Å²) >= 11 is 0. The van der Waals surface area contributed by atoms with E-state index in [2.05, 4.69) is 0 Å². The second-order valence-corrected chi connectivity index (χ2v) is 13.6. The minimum absolute atomic E-state index is 0.0646. The van der Waals surface area contributed by atoms with Crippen LogP contribution in [-0.4, -0.2) is 85.7 Å². The third-order valence-corrected chi connectivity index (χ3v) is 9.44. The molecule has 0 saturated carbocycles. The van der Waals surface area contributed by atoms with Crippen LogP contribution in [-0.2, 0) is 19.5 Å². The number of methoxy groups -OCH3 is 1. The molecule has 2 fully saturated rings. The van der Waals surface area contributed by atoms with Crippen LogP contribution in [0, 0.1) is 5.82 Å². The number of hydrogen-bond acceptors (Lipinski definition) is 7. The molecule has 2 heterocycles. The summed E-state index contributed by atoms with van der Waals surface area (Å²) in [6, 6.07) is 10.4. The van der Waals surface area contributed by atoms with Crippen LogP contribution in [0.25, 0.3) is 0 Å². The van der Waals surface area contributed by atoms with Gasteiger partial charge in [0.05, 0.1) is 30.1 Å². The van der Waals surface area contributed by atoms with Gasteiger partial charge in [0.15, 0.2) is 0 Å². The smallest absolute Gasteiger partial charge is 0.410 e. The van der Waals surface area contributed by atoms with Crippen LogP contribution >= 0.6 is 0 Å². The topological polar surface area (TPSA) is 106 Å². The first-order chi connectivity index (χ1) is 19.8. The highest BCUT2D eigenvalue weighted by atomic mass is 32.2. The fourth-order valence-electron chi connectivity index (χ4n) is 5.44. The Hall–Kier alpha value is -3.38. The lowest BCUT2D eigenvalue weighted by molar-refractivity contribution is 0.00101. The largest absolute Gasteiger partial charge is 0.497 e. The molecule has 0 aromatic heterocycles. The molecular weight excluding hydrogens is 565 g/mol. The summed E-state index contributed by atoms with van der Waals surface area (Å²) in [7, 11) is -2.57. The van der Waals surface area contributed by atoms with Gasteiger partial charge in [-0.15, -0.1) is 0 Å². The number of amides is 2. The molecule has 42 heavy (non-hydrogen) atoms. The lowest BCUT2D eigenvalue weighted by Crippen LogP contribution is -2.56. The monoisotopic (exact) mass is 605 g/mol. The molecule has 0 radical (unpaired) electrons. The van der Waals surface area contributed by atoms with E-state index in [0.29, 0.717) is 30.6 Å². The van der Waals surface area contributed by atoms with E-state index in [-0.39, 0.29) is 37.2 Å². The number of ether oxygens (including phenoxy) is 3. The Labute approximate surface area is 247 Å². The summed E-state index contributed by atoms with van der Waals surface area (Å²) in [4.78, 5) is 28.8. The predicted octanol–water partition coefficient (Wildman–Crippen LogP) is 5.20. The Morgan fingerprint density at radius 2 is 1.74 bits per heavy atom. The first-order valence-corrected chi connectivity index (χ1v) is 15.6. The number of benzene rings is 2. The molecule has 12 heteroatoms. The van der Waals surface area contributed by atoms with Gasteiger partial charge in [-0.25, -0.2) is 22.4 Å². The Balaban J connectivity index is 1.52. The molecule has 2 aliphatic rings. The first-order valence-electron chi connectivity index (χ1n) is 14.1. The summed E-state index contributed by atoms with van der Waals surface area (Å²) in [5.41, 5.74) is -0.0902. The van der Waals surface area contributed by atoms with Gasteiger partial charge in [0.2, 0.25) is 10.0 Å². The number of piperazine rings is 1. The van der Waals surface area contributed by atoms with Crippen molar-refractivity contribution in [2.75, 3.05) is 33.4 Å². The number of hydrogen-bond donors (Lipinski definition) is 0.